The van der Waals surface area contributed by atoms with Crippen LogP contribution in [0.3, 0.4) is 0 Å². The van der Waals surface area contributed by atoms with Crippen LogP contribution < -0.4 is 42.4 Å². The summed E-state index contributed by atoms with van der Waals surface area (Å²) < 4.78 is 0. The van der Waals surface area contributed by atoms with E-state index in [4.69, 9.17) is 0 Å². The van der Waals surface area contributed by atoms with Crippen molar-refractivity contribution in [1.29, 1.82) is 0 Å². The number of halogens is 3. The van der Waals surface area contributed by atoms with Crippen LogP contribution in [0.2, 0.25) is 0 Å². The fourth-order valence-corrected chi connectivity index (χ4v) is 6.87. The Hall–Kier alpha value is -0.279. The molecule has 0 fully saturated rings. The predicted octanol–water partition coefficient (Wildman–Crippen LogP) is -2.84. The van der Waals surface area contributed by atoms with Gasteiger partial charge in [0.2, 0.25) is 0 Å². The molecule has 0 heterocycles. The molecule has 0 aliphatic heterocycles. The van der Waals surface area contributed by atoms with Crippen LogP contribution in [0.25, 0.3) is 5.57 Å². The second-order valence-electron chi connectivity index (χ2n) is 8.49. The molecule has 0 spiro atoms. The average Bonchev–Trinajstić information content (AvgIpc) is 3.12. The van der Waals surface area contributed by atoms with Gasteiger partial charge in [-0.1, -0.05) is 56.0 Å². The Balaban J connectivity index is 0. The van der Waals surface area contributed by atoms with Crippen molar-refractivity contribution in [1.82, 2.24) is 0 Å². The van der Waals surface area contributed by atoms with E-state index in [0.717, 1.165) is 6.42 Å². The van der Waals surface area contributed by atoms with Crippen LogP contribution in [0.4, 0.5) is 0 Å². The maximum Gasteiger partial charge on any atom is 4.00 e. The van der Waals surface area contributed by atoms with Crippen molar-refractivity contribution in [2.45, 2.75) is 73.6 Å². The Morgan fingerprint density at radius 1 is 0.781 bits per heavy atom. The van der Waals surface area contributed by atoms with Gasteiger partial charge in [0, 0.05) is 9.52 Å². The third kappa shape index (κ3) is 7.62. The third-order valence-electron chi connectivity index (χ3n) is 6.77. The van der Waals surface area contributed by atoms with Gasteiger partial charge in [-0.15, -0.1) is 23.3 Å². The number of rotatable bonds is 7. The van der Waals surface area contributed by atoms with Gasteiger partial charge in [0.25, 0.3) is 0 Å². The number of hydrogen-bond donors (Lipinski definition) is 0. The van der Waals surface area contributed by atoms with Crippen molar-refractivity contribution in [3.05, 3.63) is 80.6 Å². The summed E-state index contributed by atoms with van der Waals surface area (Å²) in [5.74, 6) is 0. The van der Waals surface area contributed by atoms with Crippen molar-refractivity contribution in [2.24, 2.45) is 0 Å². The minimum absolute atomic E-state index is 0. The molecule has 0 nitrogen and oxygen atoms in total. The molecule has 2 aromatic carbocycles. The first-order valence-electron chi connectivity index (χ1n) is 10.9. The van der Waals surface area contributed by atoms with Crippen molar-refractivity contribution in [2.75, 3.05) is 0 Å². The summed E-state index contributed by atoms with van der Waals surface area (Å²) in [5, 5.41) is 3.35. The van der Waals surface area contributed by atoms with Crippen LogP contribution >= 0.6 is 0 Å². The molecule has 0 amide bonds. The van der Waals surface area contributed by atoms with E-state index >= 15 is 0 Å². The minimum atomic E-state index is -0.507. The summed E-state index contributed by atoms with van der Waals surface area (Å²) >= 11 is 0. The first-order valence-corrected chi connectivity index (χ1v) is 12.3. The SMILES string of the molecule is CCCCCC1=[C-]C(c2ccccc2)=C([SiH2]c2c(C)c(C)c(C)c(C)c2C)C1.[Cl-].[Cl-].[Cl-].[Ti+4]. The molecule has 0 radical (unpaired) electrons. The van der Waals surface area contributed by atoms with Crippen molar-refractivity contribution >= 4 is 20.3 Å². The van der Waals surface area contributed by atoms with E-state index in [1.165, 1.54) is 70.2 Å². The Kier molecular flexibility index (Phi) is 16.5. The zero-order valence-corrected chi connectivity index (χ0v) is 25.5. The Labute approximate surface area is 232 Å². The molecule has 1 aliphatic carbocycles. The quantitative estimate of drug-likeness (QED) is 0.201. The molecule has 0 saturated heterocycles. The molecule has 0 bridgehead atoms. The molecule has 0 aromatic heterocycles. The molecule has 2 aromatic rings. The molecule has 1 aliphatic rings. The molecular formula is C27H35Cl3SiTi. The summed E-state index contributed by atoms with van der Waals surface area (Å²) in [6.45, 7) is 13.9. The molecule has 0 saturated carbocycles. The van der Waals surface area contributed by atoms with E-state index in [0.29, 0.717) is 0 Å². The van der Waals surface area contributed by atoms with Gasteiger partial charge in [-0.3, -0.25) is 0 Å². The predicted molar refractivity (Wildman–Crippen MR) is 127 cm³/mol. The molecule has 0 atom stereocenters. The second-order valence-corrected chi connectivity index (χ2v) is 10.4. The molecule has 32 heavy (non-hydrogen) atoms. The fraction of sp³-hybridized carbons (Fsp3) is 0.407. The average molecular weight is 542 g/mol. The summed E-state index contributed by atoms with van der Waals surface area (Å²) in [7, 11) is -0.507. The van der Waals surface area contributed by atoms with E-state index in [-0.39, 0.29) is 58.9 Å². The second kappa shape index (κ2) is 15.6. The number of hydrogen-bond acceptors (Lipinski definition) is 0. The van der Waals surface area contributed by atoms with Crippen molar-refractivity contribution in [3.8, 4) is 0 Å². The van der Waals surface area contributed by atoms with E-state index in [9.17, 15) is 0 Å². The van der Waals surface area contributed by atoms with Gasteiger partial charge in [0.1, 0.15) is 0 Å². The van der Waals surface area contributed by atoms with Gasteiger partial charge in [0.15, 0.2) is 0 Å². The number of unbranched alkanes of at least 4 members (excludes halogenated alkanes) is 2. The summed E-state index contributed by atoms with van der Waals surface area (Å²) in [4.78, 5) is 0. The van der Waals surface area contributed by atoms with E-state index in [1.54, 1.807) is 10.4 Å². The van der Waals surface area contributed by atoms with Crippen LogP contribution in [-0.4, -0.2) is 9.52 Å². The van der Waals surface area contributed by atoms with Crippen LogP contribution in [0.5, 0.6) is 0 Å². The van der Waals surface area contributed by atoms with Gasteiger partial charge in [-0.05, 0) is 68.9 Å². The molecule has 0 unspecified atom stereocenters. The zero-order chi connectivity index (χ0) is 20.3. The van der Waals surface area contributed by atoms with Gasteiger partial charge in [-0.2, -0.15) is 16.8 Å². The largest absolute Gasteiger partial charge is 4.00 e. The summed E-state index contributed by atoms with van der Waals surface area (Å²) in [6, 6.07) is 11.0. The third-order valence-corrected chi connectivity index (χ3v) is 9.22. The van der Waals surface area contributed by atoms with Gasteiger partial charge < -0.3 is 37.2 Å². The Bertz CT molecular complexity index is 905. The Morgan fingerprint density at radius 2 is 1.31 bits per heavy atom. The molecule has 0 N–H and O–H groups in total. The molecule has 5 heteroatoms. The summed E-state index contributed by atoms with van der Waals surface area (Å²) in [5.41, 5.74) is 11.8. The molecule has 3 rings (SSSR count). The van der Waals surface area contributed by atoms with Crippen LogP contribution in [0.1, 0.15) is 72.4 Å². The normalized spacial score (nSPS) is 12.6. The van der Waals surface area contributed by atoms with Crippen LogP contribution in [-0.2, 0) is 21.7 Å². The van der Waals surface area contributed by atoms with E-state index < -0.39 is 9.52 Å². The smallest absolute Gasteiger partial charge is 1.00 e. The molecule has 172 valence electrons. The van der Waals surface area contributed by atoms with Crippen molar-refractivity contribution < 1.29 is 58.9 Å². The van der Waals surface area contributed by atoms with Crippen LogP contribution in [0.15, 0.2) is 41.1 Å². The number of benzene rings is 2. The van der Waals surface area contributed by atoms with E-state index in [1.807, 2.05) is 0 Å². The van der Waals surface area contributed by atoms with Gasteiger partial charge in [0.05, 0.1) is 0 Å². The van der Waals surface area contributed by atoms with Crippen molar-refractivity contribution in [3.63, 3.8) is 0 Å². The maximum absolute atomic E-state index is 3.85. The zero-order valence-electron chi connectivity index (χ0n) is 20.3. The first-order chi connectivity index (χ1) is 13.4. The first kappa shape index (κ1) is 33.9. The monoisotopic (exact) mass is 540 g/mol. The van der Waals surface area contributed by atoms with E-state index in [2.05, 4.69) is 78.0 Å². The molecular weight excluding hydrogens is 507 g/mol. The maximum atomic E-state index is 3.85. The minimum Gasteiger partial charge on any atom is -1.00 e. The Morgan fingerprint density at radius 3 is 1.84 bits per heavy atom. The number of allylic oxidation sites excluding steroid dienone is 4. The topological polar surface area (TPSA) is 0 Å². The van der Waals surface area contributed by atoms with Gasteiger partial charge in [-0.25, -0.2) is 0 Å². The standard InChI is InChI=1S/C27H35Si.3ClH.Ti/c1-7-8-10-13-23-16-25(24-14-11-9-12-15-24)26(17-23)28-27-21(5)19(3)18(2)20(4)22(27)6;;;;/h9,11-12,14-15H,7-8,10,13,17,28H2,1-6H3;3*1H;/q-1;;;;+4/p-3. The van der Waals surface area contributed by atoms with Crippen LogP contribution in [0, 0.1) is 40.7 Å². The summed E-state index contributed by atoms with van der Waals surface area (Å²) in [6.07, 6.45) is 10.1. The fourth-order valence-electron chi connectivity index (χ4n) is 4.48. The van der Waals surface area contributed by atoms with Gasteiger partial charge >= 0.3 is 21.7 Å².